The Morgan fingerprint density at radius 1 is 1.18 bits per heavy atom. The van der Waals surface area contributed by atoms with Crippen molar-refractivity contribution in [2.24, 2.45) is 11.7 Å². The summed E-state index contributed by atoms with van der Waals surface area (Å²) in [5, 5.41) is 7.23. The number of nitrogens with zero attached hydrogens (tertiary/aromatic N) is 3. The fraction of sp³-hybridized carbons (Fsp3) is 0.333. The Balaban J connectivity index is 1.30. The maximum atomic E-state index is 13.6. The number of primary amides is 1. The molecule has 40 heavy (non-hydrogen) atoms. The van der Waals surface area contributed by atoms with Gasteiger partial charge in [-0.15, -0.1) is 0 Å². The van der Waals surface area contributed by atoms with Gasteiger partial charge in [0.2, 0.25) is 5.91 Å². The highest BCUT2D eigenvalue weighted by atomic mass is 19.3. The van der Waals surface area contributed by atoms with Crippen molar-refractivity contribution in [3.8, 4) is 17.0 Å². The summed E-state index contributed by atoms with van der Waals surface area (Å²) in [6.45, 7) is 0.548. The van der Waals surface area contributed by atoms with E-state index in [1.165, 1.54) is 28.8 Å². The molecule has 1 aromatic heterocycles. The van der Waals surface area contributed by atoms with Crippen LogP contribution in [-0.4, -0.2) is 58.5 Å². The molecule has 3 amide bonds. The summed E-state index contributed by atoms with van der Waals surface area (Å²) in [6.07, 6.45) is -0.00611. The average Bonchev–Trinajstić information content (AvgIpc) is 3.23. The number of hydrogen-bond donors (Lipinski definition) is 3. The van der Waals surface area contributed by atoms with Gasteiger partial charge in [0.25, 0.3) is 17.7 Å². The van der Waals surface area contributed by atoms with Crippen molar-refractivity contribution in [3.05, 3.63) is 65.0 Å². The van der Waals surface area contributed by atoms with Crippen molar-refractivity contribution >= 4 is 23.5 Å². The molecule has 5 rings (SSSR count). The number of likely N-dealkylation sites (tertiary alicyclic amines) is 1. The van der Waals surface area contributed by atoms with Crippen LogP contribution in [0.4, 0.5) is 19.0 Å². The number of nitrogens with two attached hydrogens (primary N) is 2. The molecule has 2 aliphatic rings. The molecule has 1 aliphatic heterocycles. The Morgan fingerprint density at radius 3 is 2.50 bits per heavy atom. The second-order valence-corrected chi connectivity index (χ2v) is 9.89. The number of anilines is 1. The van der Waals surface area contributed by atoms with Crippen molar-refractivity contribution < 1.29 is 32.3 Å². The van der Waals surface area contributed by atoms with Gasteiger partial charge in [0.1, 0.15) is 34.6 Å². The first-order valence-electron chi connectivity index (χ1n) is 12.6. The lowest BCUT2D eigenvalue weighted by molar-refractivity contribution is -0.133. The van der Waals surface area contributed by atoms with E-state index in [1.807, 2.05) is 0 Å². The van der Waals surface area contributed by atoms with Crippen LogP contribution < -0.4 is 21.5 Å². The van der Waals surface area contributed by atoms with E-state index < -0.39 is 47.8 Å². The second-order valence-electron chi connectivity index (χ2n) is 9.89. The SMILES string of the molecule is COc1ccc(F)cc1C(=O)NCc1ccc(-c2nn([C@H]3CCN(C(=O)C4CC4(F)F)C3)c(N)c2C(N)=O)cc1. The number of alkyl halides is 2. The van der Waals surface area contributed by atoms with E-state index in [0.717, 1.165) is 6.07 Å². The van der Waals surface area contributed by atoms with Crippen molar-refractivity contribution in [2.75, 3.05) is 25.9 Å². The maximum absolute atomic E-state index is 13.6. The van der Waals surface area contributed by atoms with Crippen LogP contribution in [0.2, 0.25) is 0 Å². The van der Waals surface area contributed by atoms with E-state index in [2.05, 4.69) is 10.4 Å². The lowest BCUT2D eigenvalue weighted by atomic mass is 10.0. The van der Waals surface area contributed by atoms with Gasteiger partial charge >= 0.3 is 0 Å². The molecular weight excluding hydrogens is 529 g/mol. The van der Waals surface area contributed by atoms with Crippen molar-refractivity contribution in [1.82, 2.24) is 20.0 Å². The van der Waals surface area contributed by atoms with E-state index in [0.29, 0.717) is 17.5 Å². The molecule has 1 aliphatic carbocycles. The normalized spacial score (nSPS) is 19.4. The number of carbonyl (C=O) groups is 3. The Hall–Kier alpha value is -4.55. The van der Waals surface area contributed by atoms with Crippen molar-refractivity contribution in [1.29, 1.82) is 0 Å². The van der Waals surface area contributed by atoms with E-state index in [9.17, 15) is 27.6 Å². The maximum Gasteiger partial charge on any atom is 0.260 e. The van der Waals surface area contributed by atoms with E-state index in [1.54, 1.807) is 24.3 Å². The minimum absolute atomic E-state index is 0.0118. The number of rotatable bonds is 8. The third kappa shape index (κ3) is 5.06. The van der Waals surface area contributed by atoms with Crippen LogP contribution in [0.25, 0.3) is 11.3 Å². The predicted octanol–water partition coefficient (Wildman–Crippen LogP) is 2.74. The first-order chi connectivity index (χ1) is 19.0. The number of amides is 3. The largest absolute Gasteiger partial charge is 0.496 e. The summed E-state index contributed by atoms with van der Waals surface area (Å²) in [5.74, 6) is -6.43. The number of ether oxygens (including phenoxy) is 1. The molecule has 210 valence electrons. The number of nitrogen functional groups attached to an aromatic ring is 1. The van der Waals surface area contributed by atoms with Crippen LogP contribution in [0.15, 0.2) is 42.5 Å². The van der Waals surface area contributed by atoms with Crippen molar-refractivity contribution in [2.45, 2.75) is 31.4 Å². The first kappa shape index (κ1) is 27.0. The molecule has 2 fully saturated rings. The van der Waals surface area contributed by atoms with Crippen LogP contribution in [0, 0.1) is 11.7 Å². The highest BCUT2D eigenvalue weighted by Gasteiger charge is 2.62. The van der Waals surface area contributed by atoms with Gasteiger partial charge in [0.05, 0.1) is 18.7 Å². The molecule has 2 atom stereocenters. The van der Waals surface area contributed by atoms with Crippen LogP contribution in [0.3, 0.4) is 0 Å². The summed E-state index contributed by atoms with van der Waals surface area (Å²) in [7, 11) is 1.38. The zero-order chi connectivity index (χ0) is 28.8. The minimum Gasteiger partial charge on any atom is -0.496 e. The Morgan fingerprint density at radius 2 is 1.88 bits per heavy atom. The monoisotopic (exact) mass is 556 g/mol. The van der Waals surface area contributed by atoms with E-state index in [4.69, 9.17) is 16.2 Å². The van der Waals surface area contributed by atoms with E-state index in [-0.39, 0.29) is 48.0 Å². The number of nitrogens with one attached hydrogen (secondary N) is 1. The Kier molecular flexibility index (Phi) is 6.90. The predicted molar refractivity (Wildman–Crippen MR) is 138 cm³/mol. The quantitative estimate of drug-likeness (QED) is 0.389. The molecule has 3 aromatic rings. The van der Waals surface area contributed by atoms with E-state index >= 15 is 0 Å². The number of carbonyl (C=O) groups excluding carboxylic acids is 3. The second kappa shape index (κ2) is 10.2. The molecular formula is C27H27F3N6O4. The highest BCUT2D eigenvalue weighted by Crippen LogP contribution is 2.50. The zero-order valence-electron chi connectivity index (χ0n) is 21.5. The van der Waals surface area contributed by atoms with Gasteiger partial charge in [-0.05, 0) is 30.2 Å². The highest BCUT2D eigenvalue weighted by molar-refractivity contribution is 6.03. The molecule has 13 heteroatoms. The number of methoxy groups -OCH3 is 1. The molecule has 2 aromatic carbocycles. The fourth-order valence-corrected chi connectivity index (χ4v) is 4.93. The molecule has 1 saturated carbocycles. The Labute approximate surface area is 227 Å². The third-order valence-electron chi connectivity index (χ3n) is 7.23. The van der Waals surface area contributed by atoms with Crippen LogP contribution >= 0.6 is 0 Å². The molecule has 2 heterocycles. The standard InChI is InChI=1S/C27H27F3N6O4/c1-40-20-7-6-16(28)10-18(20)25(38)33-12-14-2-4-15(5-3-14)22-21(24(32)37)23(31)36(34-22)17-8-9-35(13-17)26(39)19-11-27(19,29)30/h2-7,10,17,19H,8-9,11-13,31H2,1H3,(H2,32,37)(H,33,38)/t17-,19?/m0/s1. The molecule has 1 saturated heterocycles. The summed E-state index contributed by atoms with van der Waals surface area (Å²) >= 11 is 0. The van der Waals surface area contributed by atoms with Gasteiger partial charge in [0.15, 0.2) is 0 Å². The Bertz CT molecular complexity index is 1490. The van der Waals surface area contributed by atoms with Crippen LogP contribution in [0.5, 0.6) is 5.75 Å². The summed E-state index contributed by atoms with van der Waals surface area (Å²) < 4.78 is 46.9. The molecule has 0 spiro atoms. The molecule has 5 N–H and O–H groups in total. The lowest BCUT2D eigenvalue weighted by Gasteiger charge is -2.17. The summed E-state index contributed by atoms with van der Waals surface area (Å²) in [4.78, 5) is 38.6. The number of hydrogen-bond acceptors (Lipinski definition) is 6. The molecule has 0 radical (unpaired) electrons. The number of halogens is 3. The van der Waals surface area contributed by atoms with Gasteiger partial charge in [-0.1, -0.05) is 24.3 Å². The van der Waals surface area contributed by atoms with Gasteiger partial charge in [-0.3, -0.25) is 14.4 Å². The summed E-state index contributed by atoms with van der Waals surface area (Å²) in [5.41, 5.74) is 13.4. The molecule has 1 unspecified atom stereocenters. The van der Waals surface area contributed by atoms with Gasteiger partial charge in [0, 0.05) is 31.6 Å². The van der Waals surface area contributed by atoms with Crippen LogP contribution in [-0.2, 0) is 11.3 Å². The lowest BCUT2D eigenvalue weighted by Crippen LogP contribution is -2.32. The number of benzene rings is 2. The number of aromatic nitrogens is 2. The van der Waals surface area contributed by atoms with Crippen molar-refractivity contribution in [3.63, 3.8) is 0 Å². The summed E-state index contributed by atoms with van der Waals surface area (Å²) in [6, 6.07) is 10.0. The third-order valence-corrected chi connectivity index (χ3v) is 7.23. The van der Waals surface area contributed by atoms with Gasteiger partial charge in [-0.2, -0.15) is 5.10 Å². The molecule has 10 nitrogen and oxygen atoms in total. The first-order valence-corrected chi connectivity index (χ1v) is 12.6. The van der Waals surface area contributed by atoms with Crippen LogP contribution in [0.1, 0.15) is 45.2 Å². The zero-order valence-corrected chi connectivity index (χ0v) is 21.5. The topological polar surface area (TPSA) is 146 Å². The molecule has 0 bridgehead atoms. The van der Waals surface area contributed by atoms with Gasteiger partial charge < -0.3 is 26.4 Å². The average molecular weight is 557 g/mol. The van der Waals surface area contributed by atoms with Gasteiger partial charge in [-0.25, -0.2) is 17.9 Å². The fourth-order valence-electron chi connectivity index (χ4n) is 4.93. The smallest absolute Gasteiger partial charge is 0.260 e. The minimum atomic E-state index is -2.95.